The molecule has 1 aliphatic rings. The fourth-order valence-corrected chi connectivity index (χ4v) is 3.05. The van der Waals surface area contributed by atoms with E-state index in [0.717, 1.165) is 24.2 Å². The molecule has 0 radical (unpaired) electrons. The third kappa shape index (κ3) is 5.03. The van der Waals surface area contributed by atoms with Gasteiger partial charge in [0.2, 0.25) is 5.91 Å². The van der Waals surface area contributed by atoms with E-state index in [1.54, 1.807) is 23.1 Å². The predicted octanol–water partition coefficient (Wildman–Crippen LogP) is 3.93. The largest absolute Gasteiger partial charge is 0.492 e. The smallest absolute Gasteiger partial charge is 0.265 e. The average Bonchev–Trinajstić information content (AvgIpc) is 2.68. The van der Waals surface area contributed by atoms with Gasteiger partial charge in [0.1, 0.15) is 18.1 Å². The summed E-state index contributed by atoms with van der Waals surface area (Å²) in [5.74, 6) is 1.24. The second kappa shape index (κ2) is 9.26. The normalized spacial score (nSPS) is 12.9. The number of carbonyl (C=O) groups excluding carboxylic acids is 2. The lowest BCUT2D eigenvalue weighted by atomic mass is 10.2. The van der Waals surface area contributed by atoms with Gasteiger partial charge in [-0.1, -0.05) is 25.5 Å². The van der Waals surface area contributed by atoms with Crippen LogP contribution in [0.3, 0.4) is 0 Å². The SMILES string of the molecule is CCCCC(=O)Nc1ccc2c(c1)N(CCOc1cccc(C)c1)C(=O)CO2. The van der Waals surface area contributed by atoms with Crippen LogP contribution in [0.4, 0.5) is 11.4 Å². The van der Waals surface area contributed by atoms with Gasteiger partial charge in [-0.2, -0.15) is 0 Å². The van der Waals surface area contributed by atoms with Gasteiger partial charge in [0, 0.05) is 12.1 Å². The van der Waals surface area contributed by atoms with Gasteiger partial charge in [-0.15, -0.1) is 0 Å². The van der Waals surface area contributed by atoms with Crippen molar-refractivity contribution in [1.82, 2.24) is 0 Å². The zero-order valence-electron chi connectivity index (χ0n) is 16.4. The molecule has 1 heterocycles. The lowest BCUT2D eigenvalue weighted by molar-refractivity contribution is -0.121. The van der Waals surface area contributed by atoms with Crippen LogP contribution in [0.5, 0.6) is 11.5 Å². The fourth-order valence-electron chi connectivity index (χ4n) is 3.05. The highest BCUT2D eigenvalue weighted by Gasteiger charge is 2.26. The number of carbonyl (C=O) groups is 2. The Balaban J connectivity index is 1.68. The van der Waals surface area contributed by atoms with E-state index in [4.69, 9.17) is 9.47 Å². The van der Waals surface area contributed by atoms with Gasteiger partial charge in [-0.3, -0.25) is 9.59 Å². The van der Waals surface area contributed by atoms with Crippen molar-refractivity contribution in [2.24, 2.45) is 0 Å². The minimum atomic E-state index is -0.130. The quantitative estimate of drug-likeness (QED) is 0.751. The molecule has 0 fully saturated rings. The van der Waals surface area contributed by atoms with Crippen molar-refractivity contribution in [3.8, 4) is 11.5 Å². The molecule has 0 unspecified atom stereocenters. The van der Waals surface area contributed by atoms with E-state index < -0.39 is 0 Å². The summed E-state index contributed by atoms with van der Waals surface area (Å²) < 4.78 is 11.3. The van der Waals surface area contributed by atoms with Crippen molar-refractivity contribution in [3.63, 3.8) is 0 Å². The summed E-state index contributed by atoms with van der Waals surface area (Å²) in [7, 11) is 0. The first kappa shape index (κ1) is 19.7. The summed E-state index contributed by atoms with van der Waals surface area (Å²) >= 11 is 0. The Morgan fingerprint density at radius 3 is 2.89 bits per heavy atom. The minimum absolute atomic E-state index is 0.000346. The molecule has 2 aromatic carbocycles. The molecule has 0 atom stereocenters. The average molecular weight is 382 g/mol. The van der Waals surface area contributed by atoms with Crippen LogP contribution in [0.15, 0.2) is 42.5 Å². The highest BCUT2D eigenvalue weighted by molar-refractivity contribution is 5.99. The first-order valence-corrected chi connectivity index (χ1v) is 9.63. The van der Waals surface area contributed by atoms with E-state index in [-0.39, 0.29) is 18.4 Å². The Kier molecular flexibility index (Phi) is 6.53. The van der Waals surface area contributed by atoms with Crippen LogP contribution in [-0.2, 0) is 9.59 Å². The summed E-state index contributed by atoms with van der Waals surface area (Å²) in [6, 6.07) is 13.2. The molecule has 0 aromatic heterocycles. The maximum atomic E-state index is 12.4. The van der Waals surface area contributed by atoms with E-state index >= 15 is 0 Å². The highest BCUT2D eigenvalue weighted by atomic mass is 16.5. The summed E-state index contributed by atoms with van der Waals surface area (Å²) in [5, 5.41) is 2.89. The number of fused-ring (bicyclic) bond motifs is 1. The highest BCUT2D eigenvalue weighted by Crippen LogP contribution is 2.34. The van der Waals surface area contributed by atoms with E-state index in [2.05, 4.69) is 5.32 Å². The first-order chi connectivity index (χ1) is 13.6. The molecule has 3 rings (SSSR count). The standard InChI is InChI=1S/C22H26N2O4/c1-3-4-8-21(25)23-17-9-10-20-19(14-17)24(22(26)15-28-20)11-12-27-18-7-5-6-16(2)13-18/h5-7,9-10,13-14H,3-4,8,11-12,15H2,1-2H3,(H,23,25). The van der Waals surface area contributed by atoms with Crippen molar-refractivity contribution < 1.29 is 19.1 Å². The third-order valence-corrected chi connectivity index (χ3v) is 4.52. The topological polar surface area (TPSA) is 67.9 Å². The van der Waals surface area contributed by atoms with E-state index in [1.807, 2.05) is 38.1 Å². The van der Waals surface area contributed by atoms with Gasteiger partial charge in [0.15, 0.2) is 6.61 Å². The number of aryl methyl sites for hydroxylation is 1. The molecule has 6 nitrogen and oxygen atoms in total. The number of amides is 2. The van der Waals surface area contributed by atoms with E-state index in [0.29, 0.717) is 36.7 Å². The summed E-state index contributed by atoms with van der Waals surface area (Å²) in [5.41, 5.74) is 2.42. The molecule has 2 aromatic rings. The summed E-state index contributed by atoms with van der Waals surface area (Å²) in [6.07, 6.45) is 2.30. The van der Waals surface area contributed by atoms with Crippen molar-refractivity contribution in [3.05, 3.63) is 48.0 Å². The minimum Gasteiger partial charge on any atom is -0.492 e. The Labute approximate surface area is 165 Å². The predicted molar refractivity (Wildman–Crippen MR) is 109 cm³/mol. The number of rotatable bonds is 8. The molecule has 6 heteroatoms. The number of unbranched alkanes of at least 4 members (excludes halogenated alkanes) is 1. The second-order valence-electron chi connectivity index (χ2n) is 6.83. The van der Waals surface area contributed by atoms with Crippen molar-refractivity contribution >= 4 is 23.2 Å². The molecule has 0 spiro atoms. The zero-order chi connectivity index (χ0) is 19.9. The van der Waals surface area contributed by atoms with Gasteiger partial charge in [0.25, 0.3) is 5.91 Å². The second-order valence-corrected chi connectivity index (χ2v) is 6.83. The number of ether oxygens (including phenoxy) is 2. The molecular weight excluding hydrogens is 356 g/mol. The third-order valence-electron chi connectivity index (χ3n) is 4.52. The molecule has 0 bridgehead atoms. The van der Waals surface area contributed by atoms with Crippen LogP contribution in [0.1, 0.15) is 31.7 Å². The first-order valence-electron chi connectivity index (χ1n) is 9.63. The van der Waals surface area contributed by atoms with Gasteiger partial charge < -0.3 is 19.7 Å². The molecule has 0 saturated heterocycles. The van der Waals surface area contributed by atoms with E-state index in [1.165, 1.54) is 0 Å². The van der Waals surface area contributed by atoms with Crippen LogP contribution >= 0.6 is 0 Å². The lowest BCUT2D eigenvalue weighted by Crippen LogP contribution is -2.41. The molecule has 0 saturated carbocycles. The molecule has 1 aliphatic heterocycles. The van der Waals surface area contributed by atoms with Crippen LogP contribution < -0.4 is 19.7 Å². The lowest BCUT2D eigenvalue weighted by Gasteiger charge is -2.29. The molecule has 2 amide bonds. The monoisotopic (exact) mass is 382 g/mol. The van der Waals surface area contributed by atoms with Crippen LogP contribution in [0, 0.1) is 6.92 Å². The summed E-state index contributed by atoms with van der Waals surface area (Å²) in [6.45, 7) is 4.81. The number of anilines is 2. The van der Waals surface area contributed by atoms with Crippen molar-refractivity contribution in [2.75, 3.05) is 30.0 Å². The molecule has 1 N–H and O–H groups in total. The Bertz CT molecular complexity index is 850. The number of nitrogens with one attached hydrogen (secondary N) is 1. The maximum Gasteiger partial charge on any atom is 0.265 e. The number of hydrogen-bond donors (Lipinski definition) is 1. The fraction of sp³-hybridized carbons (Fsp3) is 0.364. The van der Waals surface area contributed by atoms with Crippen LogP contribution in [0.2, 0.25) is 0 Å². The molecule has 148 valence electrons. The Morgan fingerprint density at radius 2 is 2.11 bits per heavy atom. The van der Waals surface area contributed by atoms with Gasteiger partial charge in [-0.25, -0.2) is 0 Å². The van der Waals surface area contributed by atoms with Crippen LogP contribution in [-0.4, -0.2) is 31.6 Å². The van der Waals surface area contributed by atoms with Crippen molar-refractivity contribution in [2.45, 2.75) is 33.1 Å². The van der Waals surface area contributed by atoms with Crippen LogP contribution in [0.25, 0.3) is 0 Å². The molecular formula is C22H26N2O4. The number of benzene rings is 2. The van der Waals surface area contributed by atoms with Gasteiger partial charge in [0.05, 0.1) is 12.2 Å². The van der Waals surface area contributed by atoms with Gasteiger partial charge >= 0.3 is 0 Å². The number of hydrogen-bond acceptors (Lipinski definition) is 4. The van der Waals surface area contributed by atoms with E-state index in [9.17, 15) is 9.59 Å². The Hall–Kier alpha value is -3.02. The maximum absolute atomic E-state index is 12.4. The Morgan fingerprint density at radius 1 is 1.25 bits per heavy atom. The van der Waals surface area contributed by atoms with Crippen molar-refractivity contribution in [1.29, 1.82) is 0 Å². The molecule has 0 aliphatic carbocycles. The molecule has 28 heavy (non-hydrogen) atoms. The zero-order valence-corrected chi connectivity index (χ0v) is 16.4. The number of nitrogens with zero attached hydrogens (tertiary/aromatic N) is 1. The van der Waals surface area contributed by atoms with Gasteiger partial charge in [-0.05, 0) is 49.2 Å². The summed E-state index contributed by atoms with van der Waals surface area (Å²) in [4.78, 5) is 26.0.